The van der Waals surface area contributed by atoms with Gasteiger partial charge in [0.25, 0.3) is 0 Å². The predicted octanol–water partition coefficient (Wildman–Crippen LogP) is 3.89. The van der Waals surface area contributed by atoms with Gasteiger partial charge in [0.05, 0.1) is 12.2 Å². The number of hydrogen-bond acceptors (Lipinski definition) is 2. The highest BCUT2D eigenvalue weighted by molar-refractivity contribution is 4.77. The van der Waals surface area contributed by atoms with E-state index in [0.29, 0.717) is 18.2 Å². The molecule has 3 atom stereocenters. The maximum Gasteiger partial charge on any atom is 0.0593 e. The Balaban J connectivity index is 2.10. The number of rotatable bonds is 8. The molecule has 0 aromatic heterocycles. The zero-order chi connectivity index (χ0) is 12.5. The van der Waals surface area contributed by atoms with Crippen LogP contribution in [0, 0.1) is 0 Å². The quantitative estimate of drug-likeness (QED) is 0.651. The van der Waals surface area contributed by atoms with Crippen molar-refractivity contribution in [2.45, 2.75) is 89.9 Å². The molecule has 0 aromatic carbocycles. The van der Waals surface area contributed by atoms with Crippen LogP contribution in [-0.2, 0) is 4.74 Å². The summed E-state index contributed by atoms with van der Waals surface area (Å²) in [5.41, 5.74) is 0. The second-order valence-electron chi connectivity index (χ2n) is 5.57. The minimum absolute atomic E-state index is 0.451. The molecule has 3 unspecified atom stereocenters. The number of ether oxygens (including phenoxy) is 1. The first-order valence-corrected chi connectivity index (χ1v) is 7.59. The average Bonchev–Trinajstić information content (AvgIpc) is 2.35. The molecule has 1 fully saturated rings. The Morgan fingerprint density at radius 3 is 2.76 bits per heavy atom. The van der Waals surface area contributed by atoms with Crippen LogP contribution in [0.25, 0.3) is 0 Å². The summed E-state index contributed by atoms with van der Waals surface area (Å²) in [4.78, 5) is 0. The molecule has 1 aliphatic carbocycles. The summed E-state index contributed by atoms with van der Waals surface area (Å²) in [5, 5.41) is 3.39. The first-order valence-electron chi connectivity index (χ1n) is 7.59. The Kier molecular flexibility index (Phi) is 7.87. The number of nitrogens with one attached hydrogen (secondary N) is 1. The van der Waals surface area contributed by atoms with Crippen LogP contribution < -0.4 is 5.32 Å². The van der Waals surface area contributed by atoms with Crippen LogP contribution in [0.4, 0.5) is 0 Å². The van der Waals surface area contributed by atoms with E-state index in [4.69, 9.17) is 4.74 Å². The Morgan fingerprint density at radius 1 is 1.24 bits per heavy atom. The fraction of sp³-hybridized carbons (Fsp3) is 1.00. The van der Waals surface area contributed by atoms with Gasteiger partial charge in [-0.05, 0) is 46.1 Å². The van der Waals surface area contributed by atoms with Gasteiger partial charge >= 0.3 is 0 Å². The van der Waals surface area contributed by atoms with E-state index in [2.05, 4.69) is 26.2 Å². The van der Waals surface area contributed by atoms with Crippen molar-refractivity contribution >= 4 is 0 Å². The van der Waals surface area contributed by atoms with E-state index in [0.717, 1.165) is 0 Å². The number of hydrogen-bond donors (Lipinski definition) is 1. The van der Waals surface area contributed by atoms with E-state index in [1.54, 1.807) is 0 Å². The molecule has 0 heterocycles. The van der Waals surface area contributed by atoms with Gasteiger partial charge in [0, 0.05) is 6.04 Å². The van der Waals surface area contributed by atoms with Crippen LogP contribution in [0.2, 0.25) is 0 Å². The summed E-state index contributed by atoms with van der Waals surface area (Å²) in [7, 11) is 2.07. The van der Waals surface area contributed by atoms with Crippen molar-refractivity contribution in [3.8, 4) is 0 Å². The molecule has 0 aromatic rings. The molecule has 0 saturated heterocycles. The normalized spacial score (nSPS) is 27.0. The lowest BCUT2D eigenvalue weighted by Crippen LogP contribution is -2.36. The van der Waals surface area contributed by atoms with Crippen molar-refractivity contribution in [2.75, 3.05) is 7.05 Å². The minimum Gasteiger partial charge on any atom is -0.375 e. The van der Waals surface area contributed by atoms with Crippen LogP contribution in [-0.4, -0.2) is 25.3 Å². The maximum atomic E-state index is 6.16. The fourth-order valence-electron chi connectivity index (χ4n) is 2.79. The molecule has 0 aliphatic heterocycles. The zero-order valence-electron chi connectivity index (χ0n) is 12.0. The average molecular weight is 241 g/mol. The summed E-state index contributed by atoms with van der Waals surface area (Å²) in [6, 6.07) is 0.682. The molecule has 0 amide bonds. The van der Waals surface area contributed by atoms with E-state index in [1.807, 2.05) is 0 Å². The second kappa shape index (κ2) is 8.93. The van der Waals surface area contributed by atoms with Crippen molar-refractivity contribution < 1.29 is 4.74 Å². The molecule has 2 heteroatoms. The van der Waals surface area contributed by atoms with Gasteiger partial charge in [-0.25, -0.2) is 0 Å². The Hall–Kier alpha value is -0.0800. The third kappa shape index (κ3) is 6.42. The first kappa shape index (κ1) is 15.0. The van der Waals surface area contributed by atoms with Crippen LogP contribution in [0.1, 0.15) is 71.6 Å². The molecule has 1 rings (SSSR count). The SMILES string of the molecule is CCCCCCC(C)OC1CCCC(NC)C1. The molecule has 2 nitrogen and oxygen atoms in total. The van der Waals surface area contributed by atoms with E-state index >= 15 is 0 Å². The van der Waals surface area contributed by atoms with Crippen molar-refractivity contribution in [3.63, 3.8) is 0 Å². The van der Waals surface area contributed by atoms with Gasteiger partial charge in [0.15, 0.2) is 0 Å². The molecule has 0 bridgehead atoms. The third-order valence-corrected chi connectivity index (χ3v) is 3.92. The molecular weight excluding hydrogens is 210 g/mol. The highest BCUT2D eigenvalue weighted by Crippen LogP contribution is 2.23. The molecule has 102 valence electrons. The van der Waals surface area contributed by atoms with Gasteiger partial charge < -0.3 is 10.1 Å². The van der Waals surface area contributed by atoms with Gasteiger partial charge in [0.1, 0.15) is 0 Å². The highest BCUT2D eigenvalue weighted by atomic mass is 16.5. The number of unbranched alkanes of at least 4 members (excludes halogenated alkanes) is 3. The Labute approximate surface area is 108 Å². The first-order chi connectivity index (χ1) is 8.26. The van der Waals surface area contributed by atoms with Crippen LogP contribution in [0.5, 0.6) is 0 Å². The Morgan fingerprint density at radius 2 is 2.06 bits per heavy atom. The lowest BCUT2D eigenvalue weighted by molar-refractivity contribution is -0.0306. The summed E-state index contributed by atoms with van der Waals surface area (Å²) in [5.74, 6) is 0. The highest BCUT2D eigenvalue weighted by Gasteiger charge is 2.22. The van der Waals surface area contributed by atoms with Gasteiger partial charge in [-0.3, -0.25) is 0 Å². The van der Waals surface area contributed by atoms with Crippen molar-refractivity contribution in [1.82, 2.24) is 5.32 Å². The maximum absolute atomic E-state index is 6.16. The summed E-state index contributed by atoms with van der Waals surface area (Å²) in [6.45, 7) is 4.51. The third-order valence-electron chi connectivity index (χ3n) is 3.92. The second-order valence-corrected chi connectivity index (χ2v) is 5.57. The molecule has 0 spiro atoms. The van der Waals surface area contributed by atoms with Crippen molar-refractivity contribution in [1.29, 1.82) is 0 Å². The molecule has 1 aliphatic rings. The molecule has 1 saturated carbocycles. The molecular formula is C15H31NO. The topological polar surface area (TPSA) is 21.3 Å². The molecule has 0 radical (unpaired) electrons. The lowest BCUT2D eigenvalue weighted by Gasteiger charge is -2.31. The van der Waals surface area contributed by atoms with E-state index in [-0.39, 0.29) is 0 Å². The Bertz CT molecular complexity index is 184. The summed E-state index contributed by atoms with van der Waals surface area (Å²) >= 11 is 0. The van der Waals surface area contributed by atoms with Gasteiger partial charge in [-0.1, -0.05) is 32.6 Å². The molecule has 1 N–H and O–H groups in total. The largest absolute Gasteiger partial charge is 0.375 e. The van der Waals surface area contributed by atoms with Crippen molar-refractivity contribution in [2.24, 2.45) is 0 Å². The van der Waals surface area contributed by atoms with Gasteiger partial charge in [0.2, 0.25) is 0 Å². The van der Waals surface area contributed by atoms with Gasteiger partial charge in [-0.15, -0.1) is 0 Å². The lowest BCUT2D eigenvalue weighted by atomic mass is 9.93. The minimum atomic E-state index is 0.451. The summed E-state index contributed by atoms with van der Waals surface area (Å²) in [6.07, 6.45) is 12.7. The van der Waals surface area contributed by atoms with Crippen LogP contribution >= 0.6 is 0 Å². The van der Waals surface area contributed by atoms with E-state index < -0.39 is 0 Å². The summed E-state index contributed by atoms with van der Waals surface area (Å²) < 4.78 is 6.16. The molecule has 17 heavy (non-hydrogen) atoms. The zero-order valence-corrected chi connectivity index (χ0v) is 12.0. The standard InChI is InChI=1S/C15H31NO/c1-4-5-6-7-9-13(2)17-15-11-8-10-14(12-15)16-3/h13-16H,4-12H2,1-3H3. The van der Waals surface area contributed by atoms with Crippen LogP contribution in [0.3, 0.4) is 0 Å². The smallest absolute Gasteiger partial charge is 0.0593 e. The van der Waals surface area contributed by atoms with Crippen LogP contribution in [0.15, 0.2) is 0 Å². The predicted molar refractivity (Wildman–Crippen MR) is 74.4 cm³/mol. The van der Waals surface area contributed by atoms with E-state index in [1.165, 1.54) is 57.8 Å². The van der Waals surface area contributed by atoms with E-state index in [9.17, 15) is 0 Å². The fourth-order valence-corrected chi connectivity index (χ4v) is 2.79. The monoisotopic (exact) mass is 241 g/mol. The van der Waals surface area contributed by atoms with Crippen molar-refractivity contribution in [3.05, 3.63) is 0 Å². The van der Waals surface area contributed by atoms with Gasteiger partial charge in [-0.2, -0.15) is 0 Å².